The quantitative estimate of drug-likeness (QED) is 0.307. The van der Waals surface area contributed by atoms with Gasteiger partial charge in [-0.25, -0.2) is 0 Å². The molecule has 7 nitrogen and oxygen atoms in total. The van der Waals surface area contributed by atoms with Gasteiger partial charge in [0.15, 0.2) is 11.0 Å². The molecule has 11 heteroatoms. The third-order valence-electron chi connectivity index (χ3n) is 5.17. The highest BCUT2D eigenvalue weighted by atomic mass is 79.9. The molecule has 2 aromatic carbocycles. The van der Waals surface area contributed by atoms with Crippen LogP contribution in [0.15, 0.2) is 40.0 Å². The number of aryl methyl sites for hydroxylation is 2. The molecule has 3 aromatic rings. The molecule has 3 rings (SSSR count). The molecule has 1 heterocycles. The van der Waals surface area contributed by atoms with Gasteiger partial charge in [0.1, 0.15) is 0 Å². The maximum absolute atomic E-state index is 12.6. The number of carbonyl (C=O) groups excluding carboxylic acids is 2. The summed E-state index contributed by atoms with van der Waals surface area (Å²) in [5.74, 6) is 0.309. The number of nitrogens with one attached hydrogen (secondary N) is 2. The van der Waals surface area contributed by atoms with E-state index in [0.717, 1.165) is 21.3 Å². The van der Waals surface area contributed by atoms with Crippen molar-refractivity contribution in [2.75, 3.05) is 11.1 Å². The molecule has 180 valence electrons. The number of amides is 2. The van der Waals surface area contributed by atoms with Gasteiger partial charge in [-0.3, -0.25) is 9.59 Å². The number of benzene rings is 2. The van der Waals surface area contributed by atoms with E-state index >= 15 is 0 Å². The zero-order valence-electron chi connectivity index (χ0n) is 19.1. The number of halogens is 3. The lowest BCUT2D eigenvalue weighted by molar-refractivity contribution is -0.113. The number of nitrogens with zero attached hydrogens (tertiary/aromatic N) is 3. The molecule has 0 saturated carbocycles. The molecule has 0 unspecified atom stereocenters. The number of thioether (sulfide) groups is 1. The van der Waals surface area contributed by atoms with Crippen molar-refractivity contribution >= 4 is 68.4 Å². The van der Waals surface area contributed by atoms with Gasteiger partial charge in [0, 0.05) is 16.6 Å². The van der Waals surface area contributed by atoms with E-state index in [1.807, 2.05) is 44.4 Å². The summed E-state index contributed by atoms with van der Waals surface area (Å²) in [4.78, 5) is 25.2. The molecule has 0 spiro atoms. The second-order valence-corrected chi connectivity index (χ2v) is 10.3. The first kappa shape index (κ1) is 26.5. The van der Waals surface area contributed by atoms with Crippen molar-refractivity contribution in [3.63, 3.8) is 0 Å². The average Bonchev–Trinajstić information content (AvgIpc) is 3.21. The molecule has 0 aliphatic rings. The first-order valence-corrected chi connectivity index (χ1v) is 13.0. The Bertz CT molecular complexity index is 1230. The van der Waals surface area contributed by atoms with Gasteiger partial charge in [-0.1, -0.05) is 35.0 Å². The van der Waals surface area contributed by atoms with Crippen LogP contribution < -0.4 is 10.6 Å². The normalized spacial score (nSPS) is 11.9. The van der Waals surface area contributed by atoms with Crippen LogP contribution in [0.25, 0.3) is 0 Å². The van der Waals surface area contributed by atoms with Crippen molar-refractivity contribution in [2.45, 2.75) is 45.4 Å². The molecule has 0 radical (unpaired) electrons. The Morgan fingerprint density at radius 1 is 1.12 bits per heavy atom. The molecule has 1 atom stereocenters. The molecular weight excluding hydrogens is 561 g/mol. The summed E-state index contributed by atoms with van der Waals surface area (Å²) in [7, 11) is 0. The van der Waals surface area contributed by atoms with Crippen molar-refractivity contribution in [1.29, 1.82) is 0 Å². The standard InChI is InChI=1S/C23H24BrCl2N5O2S/c1-5-31-21(14(4)27-22(33)15-6-7-17(25)18(26)10-15)29-30-23(31)34-11-20(32)28-19-9-13(3)12(2)8-16(19)24/h6-10,14H,5,11H2,1-4H3,(H,27,33)(H,28,32)/t14-/m1/s1. The predicted octanol–water partition coefficient (Wildman–Crippen LogP) is 6.21. The fourth-order valence-corrected chi connectivity index (χ4v) is 4.86. The van der Waals surface area contributed by atoms with Crippen LogP contribution in [0.3, 0.4) is 0 Å². The lowest BCUT2D eigenvalue weighted by atomic mass is 10.1. The molecule has 0 bridgehead atoms. The van der Waals surface area contributed by atoms with Crippen LogP contribution in [0, 0.1) is 13.8 Å². The molecule has 34 heavy (non-hydrogen) atoms. The Balaban J connectivity index is 1.65. The summed E-state index contributed by atoms with van der Waals surface area (Å²) >= 11 is 16.7. The van der Waals surface area contributed by atoms with Gasteiger partial charge in [0.25, 0.3) is 5.91 Å². The Morgan fingerprint density at radius 3 is 2.50 bits per heavy atom. The van der Waals surface area contributed by atoms with Crippen molar-refractivity contribution < 1.29 is 9.59 Å². The maximum atomic E-state index is 12.6. The third-order valence-corrected chi connectivity index (χ3v) is 7.53. The third kappa shape index (κ3) is 6.33. The van der Waals surface area contributed by atoms with Gasteiger partial charge in [0.05, 0.1) is 27.5 Å². The first-order valence-electron chi connectivity index (χ1n) is 10.5. The summed E-state index contributed by atoms with van der Waals surface area (Å²) in [6, 6.07) is 8.20. The topological polar surface area (TPSA) is 88.9 Å². The largest absolute Gasteiger partial charge is 0.342 e. The molecule has 1 aromatic heterocycles. The SMILES string of the molecule is CCn1c(SCC(=O)Nc2cc(C)c(C)cc2Br)nnc1[C@@H](C)NC(=O)c1ccc(Cl)c(Cl)c1. The minimum atomic E-state index is -0.413. The highest BCUT2D eigenvalue weighted by molar-refractivity contribution is 9.10. The average molecular weight is 585 g/mol. The van der Waals surface area contributed by atoms with E-state index < -0.39 is 6.04 Å². The fourth-order valence-electron chi connectivity index (χ4n) is 3.20. The highest BCUT2D eigenvalue weighted by Gasteiger charge is 2.21. The van der Waals surface area contributed by atoms with E-state index in [0.29, 0.717) is 33.1 Å². The van der Waals surface area contributed by atoms with E-state index in [1.165, 1.54) is 17.8 Å². The van der Waals surface area contributed by atoms with Crippen LogP contribution in [-0.2, 0) is 11.3 Å². The molecule has 0 aliphatic heterocycles. The molecule has 2 N–H and O–H groups in total. The smallest absolute Gasteiger partial charge is 0.251 e. The van der Waals surface area contributed by atoms with Crippen LogP contribution in [0.4, 0.5) is 5.69 Å². The lowest BCUT2D eigenvalue weighted by Crippen LogP contribution is -2.28. The Kier molecular flexibility index (Phi) is 9.03. The lowest BCUT2D eigenvalue weighted by Gasteiger charge is -2.15. The summed E-state index contributed by atoms with van der Waals surface area (Å²) < 4.78 is 2.71. The summed E-state index contributed by atoms with van der Waals surface area (Å²) in [6.07, 6.45) is 0. The zero-order valence-corrected chi connectivity index (χ0v) is 23.0. The van der Waals surface area contributed by atoms with Crippen LogP contribution in [0.2, 0.25) is 10.0 Å². The minimum absolute atomic E-state index is 0.151. The van der Waals surface area contributed by atoms with Crippen LogP contribution >= 0.6 is 50.9 Å². The fraction of sp³-hybridized carbons (Fsp3) is 0.304. The number of hydrogen-bond donors (Lipinski definition) is 2. The van der Waals surface area contributed by atoms with Gasteiger partial charge in [-0.15, -0.1) is 10.2 Å². The Morgan fingerprint density at radius 2 is 1.82 bits per heavy atom. The number of aromatic nitrogens is 3. The predicted molar refractivity (Wildman–Crippen MR) is 141 cm³/mol. The second-order valence-electron chi connectivity index (χ2n) is 7.66. The number of anilines is 1. The summed E-state index contributed by atoms with van der Waals surface area (Å²) in [5, 5.41) is 15.6. The summed E-state index contributed by atoms with van der Waals surface area (Å²) in [6.45, 7) is 8.38. The van der Waals surface area contributed by atoms with Crippen molar-refractivity contribution in [1.82, 2.24) is 20.1 Å². The van der Waals surface area contributed by atoms with Gasteiger partial charge < -0.3 is 15.2 Å². The Labute approximate surface area is 221 Å². The number of hydrogen-bond acceptors (Lipinski definition) is 5. The summed E-state index contributed by atoms with van der Waals surface area (Å²) in [5.41, 5.74) is 3.36. The maximum Gasteiger partial charge on any atom is 0.251 e. The van der Waals surface area contributed by atoms with Gasteiger partial charge in [-0.2, -0.15) is 0 Å². The molecular formula is C23H24BrCl2N5O2S. The molecule has 2 amide bonds. The van der Waals surface area contributed by atoms with Crippen molar-refractivity contribution in [3.8, 4) is 0 Å². The van der Waals surface area contributed by atoms with E-state index in [9.17, 15) is 9.59 Å². The van der Waals surface area contributed by atoms with Crippen LogP contribution in [-0.4, -0.2) is 32.3 Å². The Hall–Kier alpha value is -2.07. The van der Waals surface area contributed by atoms with Gasteiger partial charge >= 0.3 is 0 Å². The van der Waals surface area contributed by atoms with Crippen LogP contribution in [0.5, 0.6) is 0 Å². The first-order chi connectivity index (χ1) is 16.1. The highest BCUT2D eigenvalue weighted by Crippen LogP contribution is 2.27. The zero-order chi connectivity index (χ0) is 25.0. The van der Waals surface area contributed by atoms with Gasteiger partial charge in [0.2, 0.25) is 5.91 Å². The number of rotatable bonds is 8. The second kappa shape index (κ2) is 11.6. The van der Waals surface area contributed by atoms with E-state index in [4.69, 9.17) is 23.2 Å². The number of carbonyl (C=O) groups is 2. The molecule has 0 aliphatic carbocycles. The van der Waals surface area contributed by atoms with E-state index in [-0.39, 0.29) is 17.6 Å². The van der Waals surface area contributed by atoms with Crippen molar-refractivity contribution in [3.05, 3.63) is 67.4 Å². The van der Waals surface area contributed by atoms with E-state index in [1.54, 1.807) is 12.1 Å². The van der Waals surface area contributed by atoms with Crippen LogP contribution in [0.1, 0.15) is 47.2 Å². The molecule has 0 saturated heterocycles. The monoisotopic (exact) mass is 583 g/mol. The van der Waals surface area contributed by atoms with E-state index in [2.05, 4.69) is 36.8 Å². The minimum Gasteiger partial charge on any atom is -0.342 e. The van der Waals surface area contributed by atoms with Gasteiger partial charge in [-0.05, 0) is 85.1 Å². The molecule has 0 fully saturated rings. The van der Waals surface area contributed by atoms with Crippen molar-refractivity contribution in [2.24, 2.45) is 0 Å².